The number of hydrogen-bond acceptors (Lipinski definition) is 4. The monoisotopic (exact) mass is 346 g/mol. The molecular weight excluding hydrogens is 332 g/mol. The lowest BCUT2D eigenvalue weighted by atomic mass is 10.1. The van der Waals surface area contributed by atoms with Gasteiger partial charge in [0, 0.05) is 24.2 Å². The molecule has 0 bridgehead atoms. The molecule has 4 nitrogen and oxygen atoms in total. The van der Waals surface area contributed by atoms with E-state index in [1.165, 1.54) is 23.9 Å². The maximum atomic E-state index is 12.2. The highest BCUT2D eigenvalue weighted by molar-refractivity contribution is 7.99. The van der Waals surface area contributed by atoms with Gasteiger partial charge in [0.15, 0.2) is 10.9 Å². The standard InChI is InChI=1S/C17H15ClN2O2S/c1-20-14-5-3-2-4-13(14)19-17(20)23-9-8-16(22)12-10-11(18)6-7-15(12)21/h2-7,10,21H,8-9H2,1H3. The van der Waals surface area contributed by atoms with Crippen LogP contribution in [-0.2, 0) is 7.05 Å². The molecule has 0 amide bonds. The molecule has 3 aromatic rings. The van der Waals surface area contributed by atoms with Gasteiger partial charge in [0.25, 0.3) is 0 Å². The molecule has 0 unspecified atom stereocenters. The highest BCUT2D eigenvalue weighted by Gasteiger charge is 2.13. The summed E-state index contributed by atoms with van der Waals surface area (Å²) in [7, 11) is 1.96. The first-order valence-electron chi connectivity index (χ1n) is 7.12. The van der Waals surface area contributed by atoms with Crippen molar-refractivity contribution < 1.29 is 9.90 Å². The van der Waals surface area contributed by atoms with Crippen LogP contribution in [0.4, 0.5) is 0 Å². The maximum absolute atomic E-state index is 12.2. The quantitative estimate of drug-likeness (QED) is 0.553. The van der Waals surface area contributed by atoms with Crippen LogP contribution in [0.3, 0.4) is 0 Å². The molecule has 0 saturated carbocycles. The molecular formula is C17H15ClN2O2S. The molecule has 3 rings (SSSR count). The summed E-state index contributed by atoms with van der Waals surface area (Å²) in [6, 6.07) is 12.4. The van der Waals surface area contributed by atoms with Crippen LogP contribution in [0.15, 0.2) is 47.6 Å². The summed E-state index contributed by atoms with van der Waals surface area (Å²) < 4.78 is 2.02. The number of hydrogen-bond donors (Lipinski definition) is 1. The fraction of sp³-hybridized carbons (Fsp3) is 0.176. The number of imidazole rings is 1. The number of carbonyl (C=O) groups excluding carboxylic acids is 1. The summed E-state index contributed by atoms with van der Waals surface area (Å²) in [6.07, 6.45) is 0.307. The zero-order chi connectivity index (χ0) is 16.4. The first-order valence-corrected chi connectivity index (χ1v) is 8.48. The van der Waals surface area contributed by atoms with Gasteiger partial charge in [-0.2, -0.15) is 0 Å². The molecule has 0 atom stereocenters. The maximum Gasteiger partial charge on any atom is 0.168 e. The van der Waals surface area contributed by atoms with Crippen molar-refractivity contribution in [2.75, 3.05) is 5.75 Å². The summed E-state index contributed by atoms with van der Waals surface area (Å²) in [5.74, 6) is 0.422. The summed E-state index contributed by atoms with van der Waals surface area (Å²) >= 11 is 7.40. The smallest absolute Gasteiger partial charge is 0.168 e. The number of Topliss-reactive ketones (excluding diaryl/α,β-unsaturated/α-hetero) is 1. The Morgan fingerprint density at radius 1 is 1.30 bits per heavy atom. The second kappa shape index (κ2) is 6.64. The number of halogens is 1. The number of thioether (sulfide) groups is 1. The fourth-order valence-corrected chi connectivity index (χ4v) is 3.45. The van der Waals surface area contributed by atoms with Crippen molar-refractivity contribution in [3.63, 3.8) is 0 Å². The molecule has 23 heavy (non-hydrogen) atoms. The van der Waals surface area contributed by atoms with E-state index in [0.29, 0.717) is 17.2 Å². The lowest BCUT2D eigenvalue weighted by Crippen LogP contribution is -2.02. The minimum Gasteiger partial charge on any atom is -0.507 e. The number of carbonyl (C=O) groups is 1. The second-order valence-electron chi connectivity index (χ2n) is 5.13. The molecule has 6 heteroatoms. The highest BCUT2D eigenvalue weighted by atomic mass is 35.5. The Hall–Kier alpha value is -1.98. The third-order valence-corrected chi connectivity index (χ3v) is 4.83. The Kier molecular flexibility index (Phi) is 4.59. The summed E-state index contributed by atoms with van der Waals surface area (Å²) in [6.45, 7) is 0. The topological polar surface area (TPSA) is 55.1 Å². The first kappa shape index (κ1) is 15.9. The number of para-hydroxylation sites is 2. The molecule has 1 N–H and O–H groups in total. The van der Waals surface area contributed by atoms with E-state index in [4.69, 9.17) is 11.6 Å². The Morgan fingerprint density at radius 3 is 2.87 bits per heavy atom. The van der Waals surface area contributed by atoms with Crippen molar-refractivity contribution in [3.05, 3.63) is 53.1 Å². The lowest BCUT2D eigenvalue weighted by Gasteiger charge is -2.05. The number of aryl methyl sites for hydroxylation is 1. The van der Waals surface area contributed by atoms with Crippen LogP contribution in [0.25, 0.3) is 11.0 Å². The van der Waals surface area contributed by atoms with E-state index in [2.05, 4.69) is 4.98 Å². The molecule has 0 aliphatic carbocycles. The largest absolute Gasteiger partial charge is 0.507 e. The molecule has 0 spiro atoms. The Labute approximate surface area is 143 Å². The summed E-state index contributed by atoms with van der Waals surface area (Å²) in [5, 5.41) is 11.1. The highest BCUT2D eigenvalue weighted by Crippen LogP contribution is 2.26. The minimum atomic E-state index is -0.128. The second-order valence-corrected chi connectivity index (χ2v) is 6.62. The van der Waals surface area contributed by atoms with E-state index < -0.39 is 0 Å². The number of nitrogens with zero attached hydrogens (tertiary/aromatic N) is 2. The van der Waals surface area contributed by atoms with Gasteiger partial charge in [0.05, 0.1) is 16.6 Å². The van der Waals surface area contributed by atoms with Crippen LogP contribution < -0.4 is 0 Å². The molecule has 0 radical (unpaired) electrons. The van der Waals surface area contributed by atoms with Gasteiger partial charge >= 0.3 is 0 Å². The average Bonchev–Trinajstić information content (AvgIpc) is 2.86. The molecule has 2 aromatic carbocycles. The minimum absolute atomic E-state index is 0.0351. The number of phenols is 1. The average molecular weight is 347 g/mol. The van der Waals surface area contributed by atoms with Gasteiger partial charge < -0.3 is 9.67 Å². The zero-order valence-electron chi connectivity index (χ0n) is 12.5. The Morgan fingerprint density at radius 2 is 2.09 bits per heavy atom. The van der Waals surface area contributed by atoms with Crippen LogP contribution in [0.1, 0.15) is 16.8 Å². The number of fused-ring (bicyclic) bond motifs is 1. The van der Waals surface area contributed by atoms with E-state index in [-0.39, 0.29) is 17.1 Å². The number of rotatable bonds is 5. The van der Waals surface area contributed by atoms with Gasteiger partial charge in [-0.25, -0.2) is 4.98 Å². The van der Waals surface area contributed by atoms with Gasteiger partial charge in [-0.3, -0.25) is 4.79 Å². The SMILES string of the molecule is Cn1c(SCCC(=O)c2cc(Cl)ccc2O)nc2ccccc21. The number of aromatic hydroxyl groups is 1. The van der Waals surface area contributed by atoms with Crippen LogP contribution in [-0.4, -0.2) is 26.2 Å². The van der Waals surface area contributed by atoms with E-state index >= 15 is 0 Å². The van der Waals surface area contributed by atoms with Crippen molar-refractivity contribution in [2.45, 2.75) is 11.6 Å². The van der Waals surface area contributed by atoms with Gasteiger partial charge in [-0.15, -0.1) is 0 Å². The van der Waals surface area contributed by atoms with E-state index in [9.17, 15) is 9.90 Å². The predicted octanol–water partition coefficient (Wildman–Crippen LogP) is 4.30. The third kappa shape index (κ3) is 3.35. The number of aromatic nitrogens is 2. The normalized spacial score (nSPS) is 11.0. The first-order chi connectivity index (χ1) is 11.1. The fourth-order valence-electron chi connectivity index (χ4n) is 2.35. The van der Waals surface area contributed by atoms with E-state index in [1.807, 2.05) is 35.9 Å². The molecule has 118 valence electrons. The molecule has 0 aliphatic rings. The van der Waals surface area contributed by atoms with Crippen LogP contribution in [0.2, 0.25) is 5.02 Å². The number of benzene rings is 2. The molecule has 0 saturated heterocycles. The molecule has 1 heterocycles. The Bertz CT molecular complexity index is 876. The zero-order valence-corrected chi connectivity index (χ0v) is 14.1. The molecule has 1 aromatic heterocycles. The van der Waals surface area contributed by atoms with Gasteiger partial charge in [-0.1, -0.05) is 35.5 Å². The Balaban J connectivity index is 1.67. The lowest BCUT2D eigenvalue weighted by molar-refractivity contribution is 0.0987. The van der Waals surface area contributed by atoms with Crippen molar-refractivity contribution in [3.8, 4) is 5.75 Å². The van der Waals surface area contributed by atoms with Crippen molar-refractivity contribution in [1.82, 2.24) is 9.55 Å². The van der Waals surface area contributed by atoms with Crippen molar-refractivity contribution in [1.29, 1.82) is 0 Å². The molecule has 0 fully saturated rings. The third-order valence-electron chi connectivity index (χ3n) is 3.57. The van der Waals surface area contributed by atoms with E-state index in [1.54, 1.807) is 6.07 Å². The summed E-state index contributed by atoms with van der Waals surface area (Å²) in [5.41, 5.74) is 2.27. The number of ketones is 1. The van der Waals surface area contributed by atoms with Crippen LogP contribution >= 0.6 is 23.4 Å². The van der Waals surface area contributed by atoms with Gasteiger partial charge in [0.2, 0.25) is 0 Å². The number of phenolic OH excluding ortho intramolecular Hbond substituents is 1. The van der Waals surface area contributed by atoms with Gasteiger partial charge in [0.1, 0.15) is 5.75 Å². The van der Waals surface area contributed by atoms with Crippen molar-refractivity contribution >= 4 is 40.2 Å². The molecule has 0 aliphatic heterocycles. The van der Waals surface area contributed by atoms with Crippen LogP contribution in [0, 0.1) is 0 Å². The predicted molar refractivity (Wildman–Crippen MR) is 93.5 cm³/mol. The van der Waals surface area contributed by atoms with Gasteiger partial charge in [-0.05, 0) is 30.3 Å². The summed E-state index contributed by atoms with van der Waals surface area (Å²) in [4.78, 5) is 16.8. The van der Waals surface area contributed by atoms with Crippen molar-refractivity contribution in [2.24, 2.45) is 7.05 Å². The van der Waals surface area contributed by atoms with Crippen LogP contribution in [0.5, 0.6) is 5.75 Å². The van der Waals surface area contributed by atoms with E-state index in [0.717, 1.165) is 16.2 Å².